The summed E-state index contributed by atoms with van der Waals surface area (Å²) in [6, 6.07) is 0.100. The van der Waals surface area contributed by atoms with Crippen LogP contribution in [0.15, 0.2) is 6.20 Å². The van der Waals surface area contributed by atoms with E-state index in [1.807, 2.05) is 20.8 Å². The van der Waals surface area contributed by atoms with E-state index in [1.54, 1.807) is 10.9 Å². The number of rotatable bonds is 6. The lowest BCUT2D eigenvalue weighted by Crippen LogP contribution is -2.59. The molecule has 1 aliphatic rings. The zero-order valence-electron chi connectivity index (χ0n) is 11.5. The maximum Gasteiger partial charge on any atom is 0.326 e. The van der Waals surface area contributed by atoms with Gasteiger partial charge in [-0.25, -0.2) is 0 Å². The third-order valence-corrected chi connectivity index (χ3v) is 4.02. The molecule has 6 heteroatoms. The first-order chi connectivity index (χ1) is 8.86. The highest BCUT2D eigenvalue weighted by Crippen LogP contribution is 2.41. The van der Waals surface area contributed by atoms with Gasteiger partial charge in [-0.05, 0) is 39.5 Å². The van der Waals surface area contributed by atoms with Crippen LogP contribution >= 0.6 is 11.6 Å². The van der Waals surface area contributed by atoms with Crippen molar-refractivity contribution in [1.29, 1.82) is 0 Å². The molecule has 0 radical (unpaired) electrons. The molecule has 2 rings (SSSR count). The molecule has 0 spiro atoms. The molecule has 0 aromatic carbocycles. The van der Waals surface area contributed by atoms with Gasteiger partial charge in [0.25, 0.3) is 0 Å². The Morgan fingerprint density at radius 1 is 1.68 bits per heavy atom. The Morgan fingerprint density at radius 2 is 2.32 bits per heavy atom. The molecule has 1 unspecified atom stereocenters. The molecule has 1 aromatic heterocycles. The average molecular weight is 286 g/mol. The second-order valence-electron chi connectivity index (χ2n) is 5.59. The molecule has 106 valence electrons. The van der Waals surface area contributed by atoms with E-state index in [1.165, 1.54) is 0 Å². The number of hydrogen-bond donors (Lipinski definition) is 2. The topological polar surface area (TPSA) is 67.2 Å². The highest BCUT2D eigenvalue weighted by atomic mass is 35.5. The van der Waals surface area contributed by atoms with Crippen molar-refractivity contribution >= 4 is 17.6 Å². The van der Waals surface area contributed by atoms with Gasteiger partial charge >= 0.3 is 5.97 Å². The average Bonchev–Trinajstić information content (AvgIpc) is 3.11. The Morgan fingerprint density at radius 3 is 2.68 bits per heavy atom. The molecule has 0 saturated heterocycles. The molecule has 1 fully saturated rings. The lowest BCUT2D eigenvalue weighted by molar-refractivity contribution is -0.147. The molecule has 0 amide bonds. The largest absolute Gasteiger partial charge is 0.480 e. The molecule has 0 bridgehead atoms. The molecule has 2 N–H and O–H groups in total. The van der Waals surface area contributed by atoms with Crippen LogP contribution in [0.1, 0.15) is 32.4 Å². The molecule has 0 aliphatic heterocycles. The lowest BCUT2D eigenvalue weighted by Gasteiger charge is -2.33. The van der Waals surface area contributed by atoms with Gasteiger partial charge in [-0.2, -0.15) is 5.10 Å². The summed E-state index contributed by atoms with van der Waals surface area (Å²) in [4.78, 5) is 11.8. The minimum Gasteiger partial charge on any atom is -0.480 e. The summed E-state index contributed by atoms with van der Waals surface area (Å²) < 4.78 is 1.68. The predicted octanol–water partition coefficient (Wildman–Crippen LogP) is 2.08. The van der Waals surface area contributed by atoms with Crippen molar-refractivity contribution in [1.82, 2.24) is 15.1 Å². The minimum atomic E-state index is -0.950. The van der Waals surface area contributed by atoms with Gasteiger partial charge in [-0.1, -0.05) is 11.6 Å². The molecule has 1 atom stereocenters. The normalized spacial score (nSPS) is 18.6. The third-order valence-electron chi connectivity index (χ3n) is 3.64. The number of aliphatic carboxylic acids is 1. The van der Waals surface area contributed by atoms with E-state index >= 15 is 0 Å². The summed E-state index contributed by atoms with van der Waals surface area (Å²) in [5.41, 5.74) is -0.146. The van der Waals surface area contributed by atoms with Crippen LogP contribution in [0.3, 0.4) is 0 Å². The van der Waals surface area contributed by atoms with Crippen LogP contribution in [-0.2, 0) is 11.3 Å². The molecule has 1 heterocycles. The zero-order valence-corrected chi connectivity index (χ0v) is 12.2. The maximum atomic E-state index is 11.8. The summed E-state index contributed by atoms with van der Waals surface area (Å²) in [5, 5.41) is 17.7. The number of carboxylic acid groups (broad SMARTS) is 1. The second kappa shape index (κ2) is 5.13. The van der Waals surface area contributed by atoms with Crippen LogP contribution in [0.2, 0.25) is 5.02 Å². The quantitative estimate of drug-likeness (QED) is 0.840. The van der Waals surface area contributed by atoms with Gasteiger partial charge in [0.05, 0.1) is 23.5 Å². The van der Waals surface area contributed by atoms with Crippen molar-refractivity contribution in [3.05, 3.63) is 16.9 Å². The first-order valence-electron chi connectivity index (χ1n) is 6.56. The first kappa shape index (κ1) is 14.3. The van der Waals surface area contributed by atoms with Crippen molar-refractivity contribution in [3.63, 3.8) is 0 Å². The van der Waals surface area contributed by atoms with E-state index in [0.29, 0.717) is 11.6 Å². The molecule has 1 aromatic rings. The van der Waals surface area contributed by atoms with Gasteiger partial charge in [0.1, 0.15) is 5.54 Å². The van der Waals surface area contributed by atoms with E-state index in [-0.39, 0.29) is 12.0 Å². The number of carbonyl (C=O) groups is 1. The first-order valence-corrected chi connectivity index (χ1v) is 6.93. The fraction of sp³-hybridized carbons (Fsp3) is 0.692. The zero-order chi connectivity index (χ0) is 14.2. The smallest absolute Gasteiger partial charge is 0.326 e. The molecule has 1 saturated carbocycles. The van der Waals surface area contributed by atoms with E-state index < -0.39 is 11.5 Å². The van der Waals surface area contributed by atoms with Crippen molar-refractivity contribution in [2.75, 3.05) is 0 Å². The van der Waals surface area contributed by atoms with Gasteiger partial charge in [0.2, 0.25) is 0 Å². The highest BCUT2D eigenvalue weighted by molar-refractivity contribution is 6.31. The molecular weight excluding hydrogens is 266 g/mol. The maximum absolute atomic E-state index is 11.8. The number of carboxylic acids is 1. The number of nitrogens with zero attached hydrogens (tertiary/aromatic N) is 2. The van der Waals surface area contributed by atoms with Gasteiger partial charge in [0.15, 0.2) is 0 Å². The fourth-order valence-corrected chi connectivity index (χ4v) is 2.65. The van der Waals surface area contributed by atoms with Crippen LogP contribution < -0.4 is 5.32 Å². The Hall–Kier alpha value is -1.07. The predicted molar refractivity (Wildman–Crippen MR) is 73.3 cm³/mol. The van der Waals surface area contributed by atoms with Crippen molar-refractivity contribution < 1.29 is 9.90 Å². The van der Waals surface area contributed by atoms with E-state index in [0.717, 1.165) is 18.5 Å². The third kappa shape index (κ3) is 2.77. The Labute approximate surface area is 117 Å². The minimum absolute atomic E-state index is 0.100. The van der Waals surface area contributed by atoms with E-state index in [9.17, 15) is 9.90 Å². The lowest BCUT2D eigenvalue weighted by atomic mass is 9.92. The summed E-state index contributed by atoms with van der Waals surface area (Å²) in [7, 11) is 0. The Bertz CT molecular complexity index is 482. The molecular formula is C13H20ClN3O2. The van der Waals surface area contributed by atoms with Crippen molar-refractivity contribution in [2.24, 2.45) is 5.92 Å². The summed E-state index contributed by atoms with van der Waals surface area (Å²) in [6.45, 7) is 6.08. The highest BCUT2D eigenvalue weighted by Gasteiger charge is 2.52. The van der Waals surface area contributed by atoms with Gasteiger partial charge in [-0.15, -0.1) is 0 Å². The second-order valence-corrected chi connectivity index (χ2v) is 5.99. The van der Waals surface area contributed by atoms with Crippen LogP contribution in [0.25, 0.3) is 0 Å². The Kier molecular flexibility index (Phi) is 3.87. The summed E-state index contributed by atoms with van der Waals surface area (Å²) in [6.07, 6.45) is 3.45. The monoisotopic (exact) mass is 285 g/mol. The number of halogens is 1. The van der Waals surface area contributed by atoms with Crippen molar-refractivity contribution in [2.45, 2.75) is 51.7 Å². The van der Waals surface area contributed by atoms with E-state index in [2.05, 4.69) is 10.4 Å². The number of nitrogens with one attached hydrogen (secondary N) is 1. The van der Waals surface area contributed by atoms with E-state index in [4.69, 9.17) is 11.6 Å². The standard InChI is InChI=1S/C13H20ClN3O2/c1-8(2)16-13(12(18)19,10-4-5-10)7-17-9(3)11(14)6-15-17/h6,8,10,16H,4-5,7H2,1-3H3,(H,18,19). The van der Waals surface area contributed by atoms with Crippen molar-refractivity contribution in [3.8, 4) is 0 Å². The van der Waals surface area contributed by atoms with Crippen LogP contribution in [0, 0.1) is 12.8 Å². The molecule has 5 nitrogen and oxygen atoms in total. The SMILES string of the molecule is Cc1c(Cl)cnn1CC(NC(C)C)(C(=O)O)C1CC1. The Balaban J connectivity index is 2.31. The molecule has 1 aliphatic carbocycles. The van der Waals surface area contributed by atoms with Crippen LogP contribution in [0.5, 0.6) is 0 Å². The van der Waals surface area contributed by atoms with Crippen LogP contribution in [-0.4, -0.2) is 32.4 Å². The van der Waals surface area contributed by atoms with Gasteiger partial charge < -0.3 is 5.11 Å². The summed E-state index contributed by atoms with van der Waals surface area (Å²) >= 11 is 5.99. The van der Waals surface area contributed by atoms with Gasteiger partial charge in [-0.3, -0.25) is 14.8 Å². The van der Waals surface area contributed by atoms with Gasteiger partial charge in [0, 0.05) is 6.04 Å². The number of aromatic nitrogens is 2. The molecule has 19 heavy (non-hydrogen) atoms. The summed E-state index contributed by atoms with van der Waals surface area (Å²) in [5.74, 6) is -0.649. The number of hydrogen-bond acceptors (Lipinski definition) is 3. The van der Waals surface area contributed by atoms with Crippen LogP contribution in [0.4, 0.5) is 0 Å². The fourth-order valence-electron chi connectivity index (χ4n) is 2.51.